The van der Waals surface area contributed by atoms with Gasteiger partial charge in [0.15, 0.2) is 0 Å². The molecule has 0 aromatic heterocycles. The fourth-order valence-electron chi connectivity index (χ4n) is 1.71. The molecular weight excluding hydrogens is 136 g/mol. The number of hydrogen-bond acceptors (Lipinski definition) is 2. The van der Waals surface area contributed by atoms with Crippen molar-refractivity contribution in [3.05, 3.63) is 0 Å². The number of likely N-dealkylation sites (tertiary alicyclic amines) is 1. The summed E-state index contributed by atoms with van der Waals surface area (Å²) in [6.07, 6.45) is 1.33. The summed E-state index contributed by atoms with van der Waals surface area (Å²) < 4.78 is 0. The number of hydrogen-bond donors (Lipinski definition) is 1. The summed E-state index contributed by atoms with van der Waals surface area (Å²) in [6, 6.07) is 1.47. The first kappa shape index (κ1) is 9.01. The molecule has 11 heavy (non-hydrogen) atoms. The van der Waals surface area contributed by atoms with Crippen LogP contribution in [0.4, 0.5) is 0 Å². The first-order valence-electron chi connectivity index (χ1n) is 4.71. The van der Waals surface area contributed by atoms with Gasteiger partial charge in [-0.2, -0.15) is 0 Å². The van der Waals surface area contributed by atoms with E-state index >= 15 is 0 Å². The number of rotatable bonds is 3. The second-order valence-corrected chi connectivity index (χ2v) is 3.63. The number of likely N-dealkylation sites (N-methyl/N-ethyl adjacent to an activating group) is 1. The van der Waals surface area contributed by atoms with Gasteiger partial charge in [0.25, 0.3) is 0 Å². The molecule has 1 aliphatic heterocycles. The van der Waals surface area contributed by atoms with E-state index < -0.39 is 0 Å². The molecule has 0 aromatic carbocycles. The molecule has 1 heterocycles. The van der Waals surface area contributed by atoms with Crippen LogP contribution in [0, 0.1) is 0 Å². The van der Waals surface area contributed by atoms with Gasteiger partial charge in [-0.05, 0) is 33.4 Å². The highest BCUT2D eigenvalue weighted by molar-refractivity contribution is 4.81. The van der Waals surface area contributed by atoms with Gasteiger partial charge in [0.2, 0.25) is 0 Å². The Bertz CT molecular complexity index is 112. The van der Waals surface area contributed by atoms with E-state index in [-0.39, 0.29) is 0 Å². The van der Waals surface area contributed by atoms with Gasteiger partial charge < -0.3 is 5.32 Å². The molecule has 0 bridgehead atoms. The normalized spacial score (nSPS) is 26.7. The lowest BCUT2D eigenvalue weighted by molar-refractivity contribution is 0.268. The first-order valence-corrected chi connectivity index (χ1v) is 4.71. The lowest BCUT2D eigenvalue weighted by atomic mass is 10.3. The van der Waals surface area contributed by atoms with Crippen LogP contribution in [0.2, 0.25) is 0 Å². The number of nitrogens with zero attached hydrogens (tertiary/aromatic N) is 1. The van der Waals surface area contributed by atoms with E-state index in [4.69, 9.17) is 0 Å². The molecule has 1 fully saturated rings. The average Bonchev–Trinajstić information content (AvgIpc) is 2.37. The van der Waals surface area contributed by atoms with Gasteiger partial charge in [0.05, 0.1) is 0 Å². The van der Waals surface area contributed by atoms with Crippen LogP contribution in [0.3, 0.4) is 0 Å². The van der Waals surface area contributed by atoms with Gasteiger partial charge >= 0.3 is 0 Å². The van der Waals surface area contributed by atoms with Crippen molar-refractivity contribution in [1.29, 1.82) is 0 Å². The maximum Gasteiger partial charge on any atom is 0.0207 e. The first-order chi connectivity index (χ1) is 5.24. The molecule has 2 heteroatoms. The van der Waals surface area contributed by atoms with Crippen molar-refractivity contribution in [2.45, 2.75) is 39.3 Å². The van der Waals surface area contributed by atoms with Crippen molar-refractivity contribution in [3.63, 3.8) is 0 Å². The zero-order valence-corrected chi connectivity index (χ0v) is 7.93. The predicted octanol–water partition coefficient (Wildman–Crippen LogP) is 1.08. The zero-order chi connectivity index (χ0) is 8.27. The molecule has 0 unspecified atom stereocenters. The average molecular weight is 156 g/mol. The van der Waals surface area contributed by atoms with Crippen LogP contribution in [0.1, 0.15) is 27.2 Å². The molecule has 0 saturated carbocycles. The van der Waals surface area contributed by atoms with Gasteiger partial charge in [-0.3, -0.25) is 4.90 Å². The molecule has 0 amide bonds. The smallest absolute Gasteiger partial charge is 0.0207 e. The molecule has 0 spiro atoms. The van der Waals surface area contributed by atoms with Crippen molar-refractivity contribution in [3.8, 4) is 0 Å². The maximum atomic E-state index is 3.49. The third kappa shape index (κ3) is 2.46. The maximum absolute atomic E-state index is 3.49. The molecule has 2 nitrogen and oxygen atoms in total. The SMILES string of the molecule is CCN[C@H]1CCN(C(C)C)C1. The van der Waals surface area contributed by atoms with E-state index in [1.165, 1.54) is 19.5 Å². The van der Waals surface area contributed by atoms with Crippen molar-refractivity contribution < 1.29 is 0 Å². The lowest BCUT2D eigenvalue weighted by Crippen LogP contribution is -2.34. The third-order valence-electron chi connectivity index (χ3n) is 2.44. The highest BCUT2D eigenvalue weighted by Gasteiger charge is 2.22. The Morgan fingerprint density at radius 2 is 2.27 bits per heavy atom. The van der Waals surface area contributed by atoms with Crippen LogP contribution >= 0.6 is 0 Å². The van der Waals surface area contributed by atoms with Crippen molar-refractivity contribution >= 4 is 0 Å². The molecule has 1 rings (SSSR count). The molecule has 0 radical (unpaired) electrons. The fraction of sp³-hybridized carbons (Fsp3) is 1.00. The Morgan fingerprint density at radius 3 is 2.73 bits per heavy atom. The molecule has 0 aliphatic carbocycles. The van der Waals surface area contributed by atoms with E-state index in [2.05, 4.69) is 31.0 Å². The lowest BCUT2D eigenvalue weighted by Gasteiger charge is -2.20. The molecule has 66 valence electrons. The standard InChI is InChI=1S/C9H20N2/c1-4-10-9-5-6-11(7-9)8(2)3/h8-10H,4-7H2,1-3H3/t9-/m0/s1. The molecular formula is C9H20N2. The van der Waals surface area contributed by atoms with E-state index in [9.17, 15) is 0 Å². The minimum absolute atomic E-state index is 0.721. The highest BCUT2D eigenvalue weighted by atomic mass is 15.2. The Morgan fingerprint density at radius 1 is 1.55 bits per heavy atom. The third-order valence-corrected chi connectivity index (χ3v) is 2.44. The Hall–Kier alpha value is -0.0800. The summed E-state index contributed by atoms with van der Waals surface area (Å²) in [7, 11) is 0. The van der Waals surface area contributed by atoms with Gasteiger partial charge in [0.1, 0.15) is 0 Å². The number of nitrogens with one attached hydrogen (secondary N) is 1. The summed E-state index contributed by atoms with van der Waals surface area (Å²) in [6.45, 7) is 10.3. The van der Waals surface area contributed by atoms with E-state index in [1.54, 1.807) is 0 Å². The van der Waals surface area contributed by atoms with Crippen molar-refractivity contribution in [1.82, 2.24) is 10.2 Å². The van der Waals surface area contributed by atoms with Crippen LogP contribution in [0.25, 0.3) is 0 Å². The van der Waals surface area contributed by atoms with Gasteiger partial charge in [0, 0.05) is 18.6 Å². The van der Waals surface area contributed by atoms with E-state index in [1.807, 2.05) is 0 Å². The Balaban J connectivity index is 2.23. The second-order valence-electron chi connectivity index (χ2n) is 3.63. The largest absolute Gasteiger partial charge is 0.313 e. The monoisotopic (exact) mass is 156 g/mol. The summed E-state index contributed by atoms with van der Waals surface area (Å²) in [5.74, 6) is 0. The van der Waals surface area contributed by atoms with Crippen LogP contribution < -0.4 is 5.32 Å². The fourth-order valence-corrected chi connectivity index (χ4v) is 1.71. The molecule has 1 atom stereocenters. The topological polar surface area (TPSA) is 15.3 Å². The summed E-state index contributed by atoms with van der Waals surface area (Å²) in [4.78, 5) is 2.54. The molecule has 0 aromatic rings. The molecule has 1 saturated heterocycles. The van der Waals surface area contributed by atoms with Gasteiger partial charge in [-0.25, -0.2) is 0 Å². The molecule has 1 N–H and O–H groups in total. The quantitative estimate of drug-likeness (QED) is 0.658. The Labute approximate surface area is 70.0 Å². The van der Waals surface area contributed by atoms with Crippen LogP contribution in [0.15, 0.2) is 0 Å². The van der Waals surface area contributed by atoms with Gasteiger partial charge in [-0.1, -0.05) is 6.92 Å². The predicted molar refractivity (Wildman–Crippen MR) is 48.8 cm³/mol. The van der Waals surface area contributed by atoms with Gasteiger partial charge in [-0.15, -0.1) is 0 Å². The van der Waals surface area contributed by atoms with Crippen LogP contribution in [0.5, 0.6) is 0 Å². The second kappa shape index (κ2) is 4.07. The van der Waals surface area contributed by atoms with E-state index in [0.29, 0.717) is 0 Å². The highest BCUT2D eigenvalue weighted by Crippen LogP contribution is 2.11. The molecule has 1 aliphatic rings. The van der Waals surface area contributed by atoms with Crippen LogP contribution in [-0.2, 0) is 0 Å². The Kier molecular flexibility index (Phi) is 3.34. The minimum Gasteiger partial charge on any atom is -0.313 e. The van der Waals surface area contributed by atoms with Crippen molar-refractivity contribution in [2.75, 3.05) is 19.6 Å². The summed E-state index contributed by atoms with van der Waals surface area (Å²) >= 11 is 0. The van der Waals surface area contributed by atoms with Crippen molar-refractivity contribution in [2.24, 2.45) is 0 Å². The summed E-state index contributed by atoms with van der Waals surface area (Å²) in [5.41, 5.74) is 0. The minimum atomic E-state index is 0.721. The van der Waals surface area contributed by atoms with Crippen LogP contribution in [-0.4, -0.2) is 36.6 Å². The summed E-state index contributed by atoms with van der Waals surface area (Å²) in [5, 5.41) is 3.49. The van der Waals surface area contributed by atoms with E-state index in [0.717, 1.165) is 18.6 Å². The zero-order valence-electron chi connectivity index (χ0n) is 7.93.